The van der Waals surface area contributed by atoms with Gasteiger partial charge in [-0.3, -0.25) is 4.79 Å². The van der Waals surface area contributed by atoms with Crippen molar-refractivity contribution in [3.63, 3.8) is 0 Å². The predicted octanol–water partition coefficient (Wildman–Crippen LogP) is 1.77. The normalized spacial score (nSPS) is 9.96. The number of hydrogen-bond donors (Lipinski definition) is 2. The molecule has 0 heterocycles. The number of halogens is 1. The first kappa shape index (κ1) is 17.7. The predicted molar refractivity (Wildman–Crippen MR) is 90.6 cm³/mol. The highest BCUT2D eigenvalue weighted by Gasteiger charge is 2.19. The molecule has 4 nitrogen and oxygen atoms in total. The number of rotatable bonds is 5. The van der Waals surface area contributed by atoms with Crippen LogP contribution in [0, 0.1) is 17.7 Å². The van der Waals surface area contributed by atoms with E-state index in [-0.39, 0.29) is 25.3 Å². The summed E-state index contributed by atoms with van der Waals surface area (Å²) >= 11 is 0. The lowest BCUT2D eigenvalue weighted by Gasteiger charge is -2.22. The van der Waals surface area contributed by atoms with Crippen molar-refractivity contribution >= 4 is 5.91 Å². The topological polar surface area (TPSA) is 66.6 Å². The summed E-state index contributed by atoms with van der Waals surface area (Å²) in [6, 6.07) is 13.6. The zero-order chi connectivity index (χ0) is 17.4. The van der Waals surface area contributed by atoms with Gasteiger partial charge >= 0.3 is 0 Å². The molecule has 0 aliphatic carbocycles. The van der Waals surface area contributed by atoms with Crippen molar-refractivity contribution in [3.8, 4) is 11.8 Å². The minimum absolute atomic E-state index is 0.0438. The zero-order valence-electron chi connectivity index (χ0n) is 13.2. The monoisotopic (exact) mass is 326 g/mol. The average Bonchev–Trinajstić information content (AvgIpc) is 2.60. The molecule has 0 saturated carbocycles. The Morgan fingerprint density at radius 1 is 1.21 bits per heavy atom. The molecule has 2 rings (SSSR count). The third-order valence-electron chi connectivity index (χ3n) is 3.41. The molecule has 1 amide bonds. The second-order valence-electron chi connectivity index (χ2n) is 5.14. The van der Waals surface area contributed by atoms with Crippen LogP contribution in [0.3, 0.4) is 0 Å². The molecule has 0 bridgehead atoms. The number of nitrogens with zero attached hydrogens (tertiary/aromatic N) is 1. The van der Waals surface area contributed by atoms with Crippen LogP contribution < -0.4 is 5.73 Å². The minimum Gasteiger partial charge on any atom is -0.395 e. The highest BCUT2D eigenvalue weighted by Crippen LogP contribution is 2.15. The molecular weight excluding hydrogens is 307 g/mol. The summed E-state index contributed by atoms with van der Waals surface area (Å²) < 4.78 is 14.3. The summed E-state index contributed by atoms with van der Waals surface area (Å²) in [5.74, 6) is 4.26. The van der Waals surface area contributed by atoms with Gasteiger partial charge in [0.05, 0.1) is 18.7 Å². The van der Waals surface area contributed by atoms with Crippen LogP contribution >= 0.6 is 0 Å². The molecule has 2 aromatic carbocycles. The number of nitrogens with two attached hydrogens (primary N) is 1. The Bertz CT molecular complexity index is 751. The van der Waals surface area contributed by atoms with E-state index in [1.54, 1.807) is 6.07 Å². The first-order valence-corrected chi connectivity index (χ1v) is 7.58. The number of benzene rings is 2. The van der Waals surface area contributed by atoms with E-state index in [0.717, 1.165) is 5.56 Å². The van der Waals surface area contributed by atoms with E-state index in [9.17, 15) is 14.3 Å². The molecule has 24 heavy (non-hydrogen) atoms. The summed E-state index contributed by atoms with van der Waals surface area (Å²) in [4.78, 5) is 14.0. The van der Waals surface area contributed by atoms with Gasteiger partial charge in [-0.1, -0.05) is 42.2 Å². The fourth-order valence-electron chi connectivity index (χ4n) is 2.27. The second-order valence-corrected chi connectivity index (χ2v) is 5.14. The molecule has 5 heteroatoms. The van der Waals surface area contributed by atoms with Gasteiger partial charge in [-0.25, -0.2) is 4.39 Å². The first-order chi connectivity index (χ1) is 11.7. The lowest BCUT2D eigenvalue weighted by molar-refractivity contribution is 0.0703. The standard InChI is InChI=1S/C19H19FN2O2/c20-18-13-15(7-4-10-21)8-9-17(18)19(24)22(11-12-23)14-16-5-2-1-3-6-16/h1-3,5-6,8-9,13,23H,10-12,14,21H2. The Balaban J connectivity index is 2.23. The number of aliphatic hydroxyl groups excluding tert-OH is 1. The molecule has 0 fully saturated rings. The van der Waals surface area contributed by atoms with Gasteiger partial charge < -0.3 is 15.7 Å². The van der Waals surface area contributed by atoms with Crippen LogP contribution in [0.4, 0.5) is 4.39 Å². The van der Waals surface area contributed by atoms with E-state index in [4.69, 9.17) is 5.73 Å². The maximum atomic E-state index is 14.3. The van der Waals surface area contributed by atoms with Gasteiger partial charge in [-0.15, -0.1) is 0 Å². The van der Waals surface area contributed by atoms with Crippen LogP contribution in [0.25, 0.3) is 0 Å². The number of carbonyl (C=O) groups excluding carboxylic acids is 1. The lowest BCUT2D eigenvalue weighted by Crippen LogP contribution is -2.33. The molecule has 3 N–H and O–H groups in total. The molecule has 0 aliphatic rings. The van der Waals surface area contributed by atoms with Crippen LogP contribution in [0.1, 0.15) is 21.5 Å². The Morgan fingerprint density at radius 3 is 2.58 bits per heavy atom. The quantitative estimate of drug-likeness (QED) is 0.823. The molecule has 0 unspecified atom stereocenters. The van der Waals surface area contributed by atoms with Crippen molar-refractivity contribution in [3.05, 3.63) is 71.0 Å². The molecule has 0 aliphatic heterocycles. The van der Waals surface area contributed by atoms with E-state index < -0.39 is 11.7 Å². The maximum absolute atomic E-state index is 14.3. The third-order valence-corrected chi connectivity index (χ3v) is 3.41. The van der Waals surface area contributed by atoms with E-state index in [1.807, 2.05) is 30.3 Å². The van der Waals surface area contributed by atoms with Crippen molar-refractivity contribution in [2.45, 2.75) is 6.54 Å². The molecule has 0 atom stereocenters. The van der Waals surface area contributed by atoms with Gasteiger partial charge in [-0.05, 0) is 23.8 Å². The molecular formula is C19H19FN2O2. The van der Waals surface area contributed by atoms with Crippen molar-refractivity contribution in [1.29, 1.82) is 0 Å². The Morgan fingerprint density at radius 2 is 1.96 bits per heavy atom. The summed E-state index contributed by atoms with van der Waals surface area (Å²) in [5.41, 5.74) is 6.61. The smallest absolute Gasteiger partial charge is 0.257 e. The first-order valence-electron chi connectivity index (χ1n) is 7.58. The maximum Gasteiger partial charge on any atom is 0.257 e. The highest BCUT2D eigenvalue weighted by atomic mass is 19.1. The second kappa shape index (κ2) is 8.82. The number of hydrogen-bond acceptors (Lipinski definition) is 3. The number of carbonyl (C=O) groups is 1. The van der Waals surface area contributed by atoms with Gasteiger partial charge in [-0.2, -0.15) is 0 Å². The summed E-state index contributed by atoms with van der Waals surface area (Å²) in [7, 11) is 0. The van der Waals surface area contributed by atoms with Gasteiger partial charge in [0.1, 0.15) is 5.82 Å². The largest absolute Gasteiger partial charge is 0.395 e. The van der Waals surface area contributed by atoms with E-state index in [2.05, 4.69) is 11.8 Å². The van der Waals surface area contributed by atoms with Crippen molar-refractivity contribution in [1.82, 2.24) is 4.90 Å². The number of amides is 1. The fraction of sp³-hybridized carbons (Fsp3) is 0.211. The van der Waals surface area contributed by atoms with Crippen LogP contribution in [-0.4, -0.2) is 35.6 Å². The molecule has 0 aromatic heterocycles. The van der Waals surface area contributed by atoms with E-state index >= 15 is 0 Å². The van der Waals surface area contributed by atoms with Crippen molar-refractivity contribution in [2.24, 2.45) is 5.73 Å². The van der Waals surface area contributed by atoms with Crippen molar-refractivity contribution in [2.75, 3.05) is 19.7 Å². The van der Waals surface area contributed by atoms with Crippen molar-refractivity contribution < 1.29 is 14.3 Å². The third kappa shape index (κ3) is 4.66. The zero-order valence-corrected chi connectivity index (χ0v) is 13.2. The summed E-state index contributed by atoms with van der Waals surface area (Å²) in [6.45, 7) is 0.417. The fourth-order valence-corrected chi connectivity index (χ4v) is 2.27. The molecule has 0 saturated heterocycles. The summed E-state index contributed by atoms with van der Waals surface area (Å²) in [6.07, 6.45) is 0. The SMILES string of the molecule is NCC#Cc1ccc(C(=O)N(CCO)Cc2ccccc2)c(F)c1. The highest BCUT2D eigenvalue weighted by molar-refractivity contribution is 5.94. The van der Waals surface area contributed by atoms with Gasteiger partial charge in [0.25, 0.3) is 5.91 Å². The number of aliphatic hydroxyl groups is 1. The van der Waals surface area contributed by atoms with Crippen LogP contribution in [0.5, 0.6) is 0 Å². The Labute approximate surface area is 140 Å². The molecule has 0 spiro atoms. The molecule has 2 aromatic rings. The lowest BCUT2D eigenvalue weighted by atomic mass is 10.1. The molecule has 0 radical (unpaired) electrons. The van der Waals surface area contributed by atoms with Crippen LogP contribution in [0.2, 0.25) is 0 Å². The van der Waals surface area contributed by atoms with E-state index in [1.165, 1.54) is 17.0 Å². The molecule has 124 valence electrons. The minimum atomic E-state index is -0.639. The Hall–Kier alpha value is -2.68. The van der Waals surface area contributed by atoms with Gasteiger partial charge in [0.2, 0.25) is 0 Å². The van der Waals surface area contributed by atoms with Gasteiger partial charge in [0, 0.05) is 18.7 Å². The van der Waals surface area contributed by atoms with Gasteiger partial charge in [0.15, 0.2) is 0 Å². The Kier molecular flexibility index (Phi) is 6.50. The summed E-state index contributed by atoms with van der Waals surface area (Å²) in [5, 5.41) is 9.20. The van der Waals surface area contributed by atoms with E-state index in [0.29, 0.717) is 12.1 Å². The van der Waals surface area contributed by atoms with Crippen LogP contribution in [-0.2, 0) is 6.54 Å². The average molecular weight is 326 g/mol. The van der Waals surface area contributed by atoms with Crippen LogP contribution in [0.15, 0.2) is 48.5 Å².